The van der Waals surface area contributed by atoms with Gasteiger partial charge in [-0.25, -0.2) is 9.97 Å². The van der Waals surface area contributed by atoms with Crippen LogP contribution in [0.15, 0.2) is 35.1 Å². The van der Waals surface area contributed by atoms with Crippen LogP contribution in [0.5, 0.6) is 0 Å². The van der Waals surface area contributed by atoms with Gasteiger partial charge in [-0.15, -0.1) is 0 Å². The van der Waals surface area contributed by atoms with E-state index >= 15 is 0 Å². The van der Waals surface area contributed by atoms with E-state index in [2.05, 4.69) is 27.7 Å². The molecule has 1 aliphatic rings. The molecule has 128 valence electrons. The molecule has 0 saturated heterocycles. The normalized spacial score (nSPS) is 14.3. The first-order valence-electron chi connectivity index (χ1n) is 8.47. The van der Waals surface area contributed by atoms with Gasteiger partial charge in [-0.3, -0.25) is 4.98 Å². The second kappa shape index (κ2) is 6.60. The second-order valence-corrected chi connectivity index (χ2v) is 6.11. The molecule has 0 bridgehead atoms. The predicted molar refractivity (Wildman–Crippen MR) is 93.7 cm³/mol. The summed E-state index contributed by atoms with van der Waals surface area (Å²) in [5, 5.41) is 10.9. The van der Waals surface area contributed by atoms with Gasteiger partial charge in [0.15, 0.2) is 11.6 Å². The zero-order valence-electron chi connectivity index (χ0n) is 14.3. The summed E-state index contributed by atoms with van der Waals surface area (Å²) in [6.07, 6.45) is 4.38. The fraction of sp³-hybridized carbons (Fsp3) is 0.333. The molecule has 0 aliphatic carbocycles. The van der Waals surface area contributed by atoms with Crippen molar-refractivity contribution >= 4 is 5.82 Å². The molecular weight excluding hydrogens is 316 g/mol. The van der Waals surface area contributed by atoms with Crippen LogP contribution in [0.4, 0.5) is 5.82 Å². The number of nitrogens with zero attached hydrogens (tertiary/aromatic N) is 4. The van der Waals surface area contributed by atoms with Crippen molar-refractivity contribution in [2.75, 3.05) is 5.32 Å². The van der Waals surface area contributed by atoms with E-state index in [-0.39, 0.29) is 6.04 Å². The monoisotopic (exact) mass is 336 g/mol. The number of fused-ring (bicyclic) bond motifs is 1. The summed E-state index contributed by atoms with van der Waals surface area (Å²) in [5.41, 5.74) is 3.99. The SMILES string of the molecule is CCc1cc([C@@H](C)Nc2nc(-c3cccnc3)nc3c2CNC3)on1. The standard InChI is InChI=1S/C18H20N6O/c1-3-13-7-16(25-24-13)11(2)21-18-14-9-20-10-15(14)22-17(23-18)12-5-4-6-19-8-12/h4-8,11,20H,3,9-10H2,1-2H3,(H,21,22,23)/t11-/m1/s1. The summed E-state index contributed by atoms with van der Waals surface area (Å²) < 4.78 is 5.44. The Labute approximate surface area is 145 Å². The first-order valence-corrected chi connectivity index (χ1v) is 8.47. The van der Waals surface area contributed by atoms with Crippen LogP contribution in [-0.4, -0.2) is 20.1 Å². The third kappa shape index (κ3) is 3.10. The van der Waals surface area contributed by atoms with Gasteiger partial charge >= 0.3 is 0 Å². The Kier molecular flexibility index (Phi) is 4.15. The number of hydrogen-bond donors (Lipinski definition) is 2. The van der Waals surface area contributed by atoms with Crippen molar-refractivity contribution in [3.8, 4) is 11.4 Å². The van der Waals surface area contributed by atoms with Gasteiger partial charge in [0.25, 0.3) is 0 Å². The van der Waals surface area contributed by atoms with Crippen molar-refractivity contribution in [1.29, 1.82) is 0 Å². The summed E-state index contributed by atoms with van der Waals surface area (Å²) >= 11 is 0. The highest BCUT2D eigenvalue weighted by molar-refractivity contribution is 5.60. The minimum atomic E-state index is -0.0332. The lowest BCUT2D eigenvalue weighted by Crippen LogP contribution is -2.11. The number of rotatable bonds is 5. The van der Waals surface area contributed by atoms with Crippen LogP contribution in [0.1, 0.15) is 42.6 Å². The van der Waals surface area contributed by atoms with E-state index in [1.807, 2.05) is 25.1 Å². The van der Waals surface area contributed by atoms with E-state index in [0.29, 0.717) is 5.82 Å². The lowest BCUT2D eigenvalue weighted by molar-refractivity contribution is 0.368. The molecule has 3 aromatic heterocycles. The van der Waals surface area contributed by atoms with E-state index in [1.165, 1.54) is 0 Å². The van der Waals surface area contributed by atoms with E-state index in [4.69, 9.17) is 14.5 Å². The van der Waals surface area contributed by atoms with Gasteiger partial charge in [0.05, 0.1) is 17.4 Å². The highest BCUT2D eigenvalue weighted by atomic mass is 16.5. The maximum atomic E-state index is 5.44. The van der Waals surface area contributed by atoms with Crippen LogP contribution in [0.3, 0.4) is 0 Å². The number of hydrogen-bond acceptors (Lipinski definition) is 7. The number of pyridine rings is 1. The Hall–Kier alpha value is -2.80. The molecule has 25 heavy (non-hydrogen) atoms. The van der Waals surface area contributed by atoms with Crippen LogP contribution >= 0.6 is 0 Å². The summed E-state index contributed by atoms with van der Waals surface area (Å²) in [6.45, 7) is 5.61. The highest BCUT2D eigenvalue weighted by Gasteiger charge is 2.22. The van der Waals surface area contributed by atoms with Gasteiger partial charge in [-0.2, -0.15) is 0 Å². The summed E-state index contributed by atoms with van der Waals surface area (Å²) in [5.74, 6) is 2.31. The molecule has 1 aliphatic heterocycles. The van der Waals surface area contributed by atoms with Crippen molar-refractivity contribution in [3.63, 3.8) is 0 Å². The summed E-state index contributed by atoms with van der Waals surface area (Å²) in [6, 6.07) is 5.81. The predicted octanol–water partition coefficient (Wildman–Crippen LogP) is 2.87. The molecule has 2 N–H and O–H groups in total. The average Bonchev–Trinajstić information content (AvgIpc) is 3.31. The van der Waals surface area contributed by atoms with E-state index < -0.39 is 0 Å². The lowest BCUT2D eigenvalue weighted by atomic mass is 10.2. The quantitative estimate of drug-likeness (QED) is 0.740. The third-order valence-electron chi connectivity index (χ3n) is 4.33. The van der Waals surface area contributed by atoms with Gasteiger partial charge in [-0.1, -0.05) is 12.1 Å². The molecule has 0 unspecified atom stereocenters. The molecular formula is C18H20N6O. The van der Waals surface area contributed by atoms with Crippen molar-refractivity contribution in [2.24, 2.45) is 0 Å². The van der Waals surface area contributed by atoms with Gasteiger partial charge < -0.3 is 15.2 Å². The van der Waals surface area contributed by atoms with Crippen molar-refractivity contribution < 1.29 is 4.52 Å². The van der Waals surface area contributed by atoms with Crippen molar-refractivity contribution in [2.45, 2.75) is 39.4 Å². The Morgan fingerprint density at radius 1 is 1.32 bits per heavy atom. The van der Waals surface area contributed by atoms with Crippen molar-refractivity contribution in [1.82, 2.24) is 25.4 Å². The zero-order chi connectivity index (χ0) is 17.2. The molecule has 0 spiro atoms. The average molecular weight is 336 g/mol. The largest absolute Gasteiger partial charge is 0.360 e. The highest BCUT2D eigenvalue weighted by Crippen LogP contribution is 2.28. The van der Waals surface area contributed by atoms with Crippen LogP contribution in [-0.2, 0) is 19.5 Å². The minimum Gasteiger partial charge on any atom is -0.360 e. The molecule has 7 heteroatoms. The molecule has 0 fully saturated rings. The summed E-state index contributed by atoms with van der Waals surface area (Å²) in [4.78, 5) is 13.6. The molecule has 3 aromatic rings. The van der Waals surface area contributed by atoms with Gasteiger partial charge in [0.2, 0.25) is 0 Å². The van der Waals surface area contributed by atoms with E-state index in [1.54, 1.807) is 12.4 Å². The maximum Gasteiger partial charge on any atom is 0.163 e. The van der Waals surface area contributed by atoms with E-state index in [9.17, 15) is 0 Å². The molecule has 4 rings (SSSR count). The molecule has 0 radical (unpaired) electrons. The summed E-state index contributed by atoms with van der Waals surface area (Å²) in [7, 11) is 0. The topological polar surface area (TPSA) is 88.8 Å². The van der Waals surface area contributed by atoms with Crippen LogP contribution < -0.4 is 10.6 Å². The van der Waals surface area contributed by atoms with Gasteiger partial charge in [0.1, 0.15) is 5.82 Å². The molecule has 1 atom stereocenters. The van der Waals surface area contributed by atoms with E-state index in [0.717, 1.165) is 53.6 Å². The zero-order valence-corrected chi connectivity index (χ0v) is 14.3. The number of nitrogens with one attached hydrogen (secondary N) is 2. The van der Waals surface area contributed by atoms with Crippen molar-refractivity contribution in [3.05, 3.63) is 53.3 Å². The Balaban J connectivity index is 1.67. The first kappa shape index (κ1) is 15.7. The first-order chi connectivity index (χ1) is 12.2. The number of aryl methyl sites for hydroxylation is 1. The van der Waals surface area contributed by atoms with Crippen LogP contribution in [0, 0.1) is 0 Å². The number of aromatic nitrogens is 4. The maximum absolute atomic E-state index is 5.44. The van der Waals surface area contributed by atoms with Crippen LogP contribution in [0.25, 0.3) is 11.4 Å². The molecule has 0 aromatic carbocycles. The third-order valence-corrected chi connectivity index (χ3v) is 4.33. The molecule has 7 nitrogen and oxygen atoms in total. The van der Waals surface area contributed by atoms with Crippen LogP contribution in [0.2, 0.25) is 0 Å². The Morgan fingerprint density at radius 3 is 3.00 bits per heavy atom. The fourth-order valence-corrected chi connectivity index (χ4v) is 2.89. The van der Waals surface area contributed by atoms with Gasteiger partial charge in [0, 0.05) is 42.7 Å². The Morgan fingerprint density at radius 2 is 2.24 bits per heavy atom. The van der Waals surface area contributed by atoms with Gasteiger partial charge in [-0.05, 0) is 25.5 Å². The molecule has 4 heterocycles. The smallest absolute Gasteiger partial charge is 0.163 e. The molecule has 0 saturated carbocycles. The second-order valence-electron chi connectivity index (χ2n) is 6.11. The molecule has 0 amide bonds. The minimum absolute atomic E-state index is 0.0332. The Bertz CT molecular complexity index is 877. The lowest BCUT2D eigenvalue weighted by Gasteiger charge is -2.15. The number of anilines is 1. The fourth-order valence-electron chi connectivity index (χ4n) is 2.89.